The van der Waals surface area contributed by atoms with Crippen molar-refractivity contribution in [2.75, 3.05) is 0 Å². The first-order valence-corrected chi connectivity index (χ1v) is 13.8. The van der Waals surface area contributed by atoms with Gasteiger partial charge >= 0.3 is 0 Å². The van der Waals surface area contributed by atoms with Crippen LogP contribution >= 0.6 is 0 Å². The molecule has 5 rings (SSSR count). The molecule has 1 atom stereocenters. The minimum absolute atomic E-state index is 0.216. The number of hydrogen-bond acceptors (Lipinski definition) is 1. The fraction of sp³-hybridized carbons (Fsp3) is 0.132. The molecule has 0 spiro atoms. The summed E-state index contributed by atoms with van der Waals surface area (Å²) in [5, 5.41) is 8.93. The monoisotopic (exact) mass is 521 g/mol. The molecule has 5 aromatic rings. The third-order valence-electron chi connectivity index (χ3n) is 7.41. The van der Waals surface area contributed by atoms with Crippen LogP contribution in [0.2, 0.25) is 0 Å². The molecule has 40 heavy (non-hydrogen) atoms. The summed E-state index contributed by atoms with van der Waals surface area (Å²) in [6, 6.07) is 43.0. The van der Waals surface area contributed by atoms with Crippen LogP contribution in [0.15, 0.2) is 121 Å². The van der Waals surface area contributed by atoms with Crippen LogP contribution < -0.4 is 0 Å². The zero-order valence-electron chi connectivity index (χ0n) is 22.7. The Morgan fingerprint density at radius 2 is 1.27 bits per heavy atom. The molecule has 0 aliphatic rings. The molecule has 196 valence electrons. The van der Waals surface area contributed by atoms with E-state index in [1.807, 2.05) is 48.6 Å². The van der Waals surface area contributed by atoms with Gasteiger partial charge in [0.2, 0.25) is 0 Å². The van der Waals surface area contributed by atoms with Gasteiger partial charge in [-0.25, -0.2) is 4.39 Å². The van der Waals surface area contributed by atoms with Gasteiger partial charge < -0.3 is 0 Å². The molecule has 0 aliphatic heterocycles. The summed E-state index contributed by atoms with van der Waals surface area (Å²) in [6.07, 6.45) is 6.36. The predicted octanol–water partition coefficient (Wildman–Crippen LogP) is 9.67. The van der Waals surface area contributed by atoms with Crippen molar-refractivity contribution >= 4 is 12.2 Å². The highest BCUT2D eigenvalue weighted by molar-refractivity contribution is 5.72. The molecule has 0 aromatic heterocycles. The fourth-order valence-electron chi connectivity index (χ4n) is 4.95. The fourth-order valence-corrected chi connectivity index (χ4v) is 4.95. The minimum Gasteiger partial charge on any atom is -0.206 e. The maximum Gasteiger partial charge on any atom is 0.130 e. The molecule has 0 unspecified atom stereocenters. The molecule has 0 aliphatic carbocycles. The molecule has 0 bridgehead atoms. The van der Waals surface area contributed by atoms with Crippen molar-refractivity contribution < 1.29 is 4.39 Å². The van der Waals surface area contributed by atoms with Gasteiger partial charge in [0.05, 0.1) is 11.6 Å². The van der Waals surface area contributed by atoms with Gasteiger partial charge in [-0.05, 0) is 82.3 Å². The van der Waals surface area contributed by atoms with E-state index in [9.17, 15) is 4.39 Å². The third kappa shape index (κ3) is 7.01. The quantitative estimate of drug-likeness (QED) is 0.177. The zero-order chi connectivity index (χ0) is 27.7. The van der Waals surface area contributed by atoms with Crippen molar-refractivity contribution in [2.45, 2.75) is 32.1 Å². The molecular weight excluding hydrogens is 489 g/mol. The number of rotatable bonds is 9. The number of nitriles is 1. The van der Waals surface area contributed by atoms with Gasteiger partial charge in [-0.15, -0.1) is 0 Å². The van der Waals surface area contributed by atoms with E-state index in [0.717, 1.165) is 41.5 Å². The Bertz CT molecular complexity index is 1610. The van der Waals surface area contributed by atoms with Crippen LogP contribution in [0.25, 0.3) is 23.3 Å². The maximum absolute atomic E-state index is 14.8. The van der Waals surface area contributed by atoms with Crippen LogP contribution in [-0.2, 0) is 19.3 Å². The van der Waals surface area contributed by atoms with Gasteiger partial charge in [-0.2, -0.15) is 5.26 Å². The average Bonchev–Trinajstić information content (AvgIpc) is 3.01. The highest BCUT2D eigenvalue weighted by Crippen LogP contribution is 2.25. The van der Waals surface area contributed by atoms with Crippen LogP contribution in [-0.4, -0.2) is 0 Å². The van der Waals surface area contributed by atoms with Crippen molar-refractivity contribution in [1.82, 2.24) is 0 Å². The SMILES string of the molecule is C[C@H](Cc1ccc(-c2ccc(C=Cc3ccc(CCc4ccc(C#N)cc4)cc3F)cc2)cc1)c1ccccc1. The van der Waals surface area contributed by atoms with Gasteiger partial charge in [0.15, 0.2) is 0 Å². The van der Waals surface area contributed by atoms with Crippen LogP contribution in [0.5, 0.6) is 0 Å². The summed E-state index contributed by atoms with van der Waals surface area (Å²) >= 11 is 0. The van der Waals surface area contributed by atoms with Crippen LogP contribution in [0.4, 0.5) is 4.39 Å². The molecule has 0 heterocycles. The van der Waals surface area contributed by atoms with E-state index in [4.69, 9.17) is 5.26 Å². The molecule has 2 heteroatoms. The number of nitrogens with zero attached hydrogens (tertiary/aromatic N) is 1. The molecule has 0 radical (unpaired) electrons. The largest absolute Gasteiger partial charge is 0.206 e. The molecular formula is C38H32FN. The normalized spacial score (nSPS) is 11.8. The highest BCUT2D eigenvalue weighted by Gasteiger charge is 2.07. The Labute approximate surface area is 236 Å². The van der Waals surface area contributed by atoms with E-state index in [0.29, 0.717) is 17.0 Å². The first kappa shape index (κ1) is 26.9. The lowest BCUT2D eigenvalue weighted by Gasteiger charge is -2.12. The maximum atomic E-state index is 14.8. The summed E-state index contributed by atoms with van der Waals surface area (Å²) < 4.78 is 14.8. The lowest BCUT2D eigenvalue weighted by atomic mass is 9.93. The first-order valence-electron chi connectivity index (χ1n) is 13.8. The molecule has 0 saturated carbocycles. The molecule has 5 aromatic carbocycles. The van der Waals surface area contributed by atoms with Gasteiger partial charge in [-0.3, -0.25) is 0 Å². The second-order valence-electron chi connectivity index (χ2n) is 10.3. The number of benzene rings is 5. The minimum atomic E-state index is -0.216. The van der Waals surface area contributed by atoms with Crippen molar-refractivity contribution in [3.05, 3.63) is 166 Å². The van der Waals surface area contributed by atoms with Crippen molar-refractivity contribution in [1.29, 1.82) is 5.26 Å². The molecule has 0 N–H and O–H groups in total. The lowest BCUT2D eigenvalue weighted by molar-refractivity contribution is 0.622. The van der Waals surface area contributed by atoms with E-state index >= 15 is 0 Å². The van der Waals surface area contributed by atoms with E-state index in [1.165, 1.54) is 16.7 Å². The summed E-state index contributed by atoms with van der Waals surface area (Å²) in [7, 11) is 0. The molecule has 0 saturated heterocycles. The summed E-state index contributed by atoms with van der Waals surface area (Å²) in [4.78, 5) is 0. The Kier molecular flexibility index (Phi) is 8.64. The smallest absolute Gasteiger partial charge is 0.130 e. The van der Waals surface area contributed by atoms with Crippen molar-refractivity contribution in [3.63, 3.8) is 0 Å². The zero-order valence-corrected chi connectivity index (χ0v) is 22.7. The Balaban J connectivity index is 1.17. The van der Waals surface area contributed by atoms with Gasteiger partial charge in [-0.1, -0.05) is 122 Å². The first-order chi connectivity index (χ1) is 19.6. The summed E-state index contributed by atoms with van der Waals surface area (Å²) in [5.74, 6) is 0.264. The molecule has 1 nitrogen and oxygen atoms in total. The Morgan fingerprint density at radius 1 is 0.675 bits per heavy atom. The Morgan fingerprint density at radius 3 is 1.93 bits per heavy atom. The van der Waals surface area contributed by atoms with Crippen molar-refractivity contribution in [2.24, 2.45) is 0 Å². The predicted molar refractivity (Wildman–Crippen MR) is 164 cm³/mol. The third-order valence-corrected chi connectivity index (χ3v) is 7.41. The number of hydrogen-bond donors (Lipinski definition) is 0. The van der Waals surface area contributed by atoms with E-state index in [2.05, 4.69) is 91.9 Å². The van der Waals surface area contributed by atoms with Gasteiger partial charge in [0.1, 0.15) is 5.82 Å². The summed E-state index contributed by atoms with van der Waals surface area (Å²) in [6.45, 7) is 2.27. The highest BCUT2D eigenvalue weighted by atomic mass is 19.1. The van der Waals surface area contributed by atoms with Crippen molar-refractivity contribution in [3.8, 4) is 17.2 Å². The molecule has 0 amide bonds. The lowest BCUT2D eigenvalue weighted by Crippen LogP contribution is -1.98. The van der Waals surface area contributed by atoms with Gasteiger partial charge in [0.25, 0.3) is 0 Å². The van der Waals surface area contributed by atoms with Crippen LogP contribution in [0.3, 0.4) is 0 Å². The molecule has 0 fully saturated rings. The number of aryl methyl sites for hydroxylation is 2. The summed E-state index contributed by atoms with van der Waals surface area (Å²) in [5.41, 5.74) is 9.41. The van der Waals surface area contributed by atoms with Crippen LogP contribution in [0.1, 0.15) is 51.8 Å². The average molecular weight is 522 g/mol. The van der Waals surface area contributed by atoms with Crippen LogP contribution in [0, 0.1) is 17.1 Å². The van der Waals surface area contributed by atoms with E-state index in [1.54, 1.807) is 6.07 Å². The second-order valence-corrected chi connectivity index (χ2v) is 10.3. The number of halogens is 1. The van der Waals surface area contributed by atoms with E-state index in [-0.39, 0.29) is 5.82 Å². The van der Waals surface area contributed by atoms with E-state index < -0.39 is 0 Å². The van der Waals surface area contributed by atoms with Gasteiger partial charge in [0, 0.05) is 5.56 Å². The second kappa shape index (κ2) is 12.9. The topological polar surface area (TPSA) is 23.8 Å². The Hall–Kier alpha value is -4.74. The standard InChI is InChI=1S/C38H32FN/c1-28(34-5-3-2-4-6-34)25-31-16-21-36(22-17-31)35-19-13-30(14-20-35)15-23-37-24-18-32(26-38(37)39)10-7-29-8-11-33(27-40)12-9-29/h2-6,8-9,11-24,26,28H,7,10,25H2,1H3/t28-/m1/s1.